The lowest BCUT2D eigenvalue weighted by Gasteiger charge is -2.32. The average Bonchev–Trinajstić information content (AvgIpc) is 2.77. The molecule has 0 bridgehead atoms. The largest absolute Gasteiger partial charge is 0.494 e. The highest BCUT2D eigenvalue weighted by Gasteiger charge is 2.52. The molecule has 0 atom stereocenters. The van der Waals surface area contributed by atoms with E-state index in [2.05, 4.69) is 10.2 Å². The number of rotatable bonds is 4. The van der Waals surface area contributed by atoms with Gasteiger partial charge in [0.15, 0.2) is 0 Å². The predicted molar refractivity (Wildman–Crippen MR) is 103 cm³/mol. The van der Waals surface area contributed by atoms with E-state index in [4.69, 9.17) is 9.31 Å². The van der Waals surface area contributed by atoms with Gasteiger partial charge in [0.05, 0.1) is 11.2 Å². The van der Waals surface area contributed by atoms with Gasteiger partial charge in [-0.25, -0.2) is 0 Å². The van der Waals surface area contributed by atoms with Gasteiger partial charge in [-0.05, 0) is 57.3 Å². The Labute approximate surface area is 161 Å². The quantitative estimate of drug-likeness (QED) is 0.610. The van der Waals surface area contributed by atoms with E-state index in [0.717, 1.165) is 31.7 Å². The summed E-state index contributed by atoms with van der Waals surface area (Å²) in [7, 11) is -5.59. The van der Waals surface area contributed by atoms with Crippen molar-refractivity contribution in [2.45, 2.75) is 57.3 Å². The molecule has 9 heteroatoms. The van der Waals surface area contributed by atoms with Crippen molar-refractivity contribution in [1.82, 2.24) is 10.2 Å². The van der Waals surface area contributed by atoms with Crippen molar-refractivity contribution in [2.24, 2.45) is 0 Å². The highest BCUT2D eigenvalue weighted by Crippen LogP contribution is 2.37. The molecule has 27 heavy (non-hydrogen) atoms. The number of nitrogens with one attached hydrogen (secondary N) is 1. The molecule has 2 aliphatic rings. The van der Waals surface area contributed by atoms with E-state index >= 15 is 0 Å². The first-order valence-corrected chi connectivity index (χ1v) is 10.7. The highest BCUT2D eigenvalue weighted by molar-refractivity contribution is 7.86. The monoisotopic (exact) mass is 398 g/mol. The standard InChI is InChI=1S/C18H28BFN2O4S/c1-13-14(12-22-8-6-21-7-9-22)10-15(11-16(13)27(20,23)24)19-25-17(2,3)18(4,5)26-19/h10-11,21H,6-9,12H2,1-5H3. The molecule has 2 saturated heterocycles. The maximum Gasteiger partial charge on any atom is 0.494 e. The van der Waals surface area contributed by atoms with Crippen molar-refractivity contribution in [3.63, 3.8) is 0 Å². The van der Waals surface area contributed by atoms with Gasteiger partial charge < -0.3 is 14.6 Å². The van der Waals surface area contributed by atoms with Crippen molar-refractivity contribution in [1.29, 1.82) is 0 Å². The fourth-order valence-corrected chi connectivity index (χ4v) is 4.19. The lowest BCUT2D eigenvalue weighted by Crippen LogP contribution is -2.43. The minimum absolute atomic E-state index is 0.306. The Hall–Kier alpha value is -0.995. The molecular formula is C18H28BFN2O4S. The molecule has 0 spiro atoms. The minimum Gasteiger partial charge on any atom is -0.399 e. The summed E-state index contributed by atoms with van der Waals surface area (Å²) in [5.41, 5.74) is 0.628. The van der Waals surface area contributed by atoms with Crippen LogP contribution in [-0.2, 0) is 26.1 Å². The maximum absolute atomic E-state index is 14.0. The molecule has 1 aromatic carbocycles. The second-order valence-electron chi connectivity index (χ2n) is 8.36. The van der Waals surface area contributed by atoms with Crippen molar-refractivity contribution in [2.75, 3.05) is 26.2 Å². The molecule has 0 unspecified atom stereocenters. The van der Waals surface area contributed by atoms with E-state index in [1.165, 1.54) is 6.07 Å². The fourth-order valence-electron chi connectivity index (χ4n) is 3.41. The zero-order valence-electron chi connectivity index (χ0n) is 16.6. The van der Waals surface area contributed by atoms with Crippen molar-refractivity contribution >= 4 is 22.8 Å². The molecule has 2 fully saturated rings. The predicted octanol–water partition coefficient (Wildman–Crippen LogP) is 1.36. The van der Waals surface area contributed by atoms with Crippen LogP contribution in [0.5, 0.6) is 0 Å². The molecule has 2 heterocycles. The fraction of sp³-hybridized carbons (Fsp3) is 0.667. The summed E-state index contributed by atoms with van der Waals surface area (Å²) in [6.07, 6.45) is 0. The molecule has 3 rings (SSSR count). The van der Waals surface area contributed by atoms with E-state index < -0.39 is 28.5 Å². The van der Waals surface area contributed by atoms with Gasteiger partial charge >= 0.3 is 17.3 Å². The topological polar surface area (TPSA) is 67.9 Å². The molecular weight excluding hydrogens is 370 g/mol. The third-order valence-corrected chi connectivity index (χ3v) is 6.83. The summed E-state index contributed by atoms with van der Waals surface area (Å²) >= 11 is 0. The Morgan fingerprint density at radius 2 is 1.70 bits per heavy atom. The lowest BCUT2D eigenvalue weighted by molar-refractivity contribution is 0.00578. The van der Waals surface area contributed by atoms with E-state index in [-0.39, 0.29) is 4.90 Å². The van der Waals surface area contributed by atoms with Gasteiger partial charge in [-0.3, -0.25) is 4.90 Å². The molecule has 0 amide bonds. The number of halogens is 1. The van der Waals surface area contributed by atoms with Gasteiger partial charge in [-0.2, -0.15) is 8.42 Å². The average molecular weight is 398 g/mol. The van der Waals surface area contributed by atoms with E-state index in [1.54, 1.807) is 6.92 Å². The normalized spacial score (nSPS) is 23.0. The number of hydrogen-bond donors (Lipinski definition) is 1. The van der Waals surface area contributed by atoms with Crippen molar-refractivity contribution < 1.29 is 21.6 Å². The Morgan fingerprint density at radius 3 is 2.22 bits per heavy atom. The summed E-state index contributed by atoms with van der Waals surface area (Å²) in [4.78, 5) is 1.92. The zero-order valence-corrected chi connectivity index (χ0v) is 17.5. The summed E-state index contributed by atoms with van der Waals surface area (Å²) < 4.78 is 49.6. The maximum atomic E-state index is 14.0. The first-order valence-electron chi connectivity index (χ1n) is 9.27. The van der Waals surface area contributed by atoms with Gasteiger partial charge in [0.1, 0.15) is 4.90 Å². The SMILES string of the molecule is Cc1c(CN2CCNCC2)cc(B2OC(C)(C)C(C)(C)O2)cc1S(=O)(=O)F. The molecule has 1 N–H and O–H groups in total. The Bertz CT molecular complexity index is 807. The van der Waals surface area contributed by atoms with Crippen LogP contribution in [0.15, 0.2) is 17.0 Å². The first kappa shape index (κ1) is 20.7. The van der Waals surface area contributed by atoms with Crippen LogP contribution in [0.25, 0.3) is 0 Å². The molecule has 150 valence electrons. The van der Waals surface area contributed by atoms with Crippen molar-refractivity contribution in [3.05, 3.63) is 23.3 Å². The van der Waals surface area contributed by atoms with Gasteiger partial charge in [-0.1, -0.05) is 6.07 Å². The molecule has 2 aliphatic heterocycles. The minimum atomic E-state index is -4.85. The van der Waals surface area contributed by atoms with Crippen LogP contribution in [-0.4, -0.2) is 57.8 Å². The molecule has 0 saturated carbocycles. The molecule has 1 aromatic rings. The molecule has 0 radical (unpaired) electrons. The smallest absolute Gasteiger partial charge is 0.399 e. The van der Waals surface area contributed by atoms with Crippen molar-refractivity contribution in [3.8, 4) is 0 Å². The van der Waals surface area contributed by atoms with Crippen LogP contribution in [0, 0.1) is 6.92 Å². The Kier molecular flexibility index (Phi) is 5.46. The number of benzene rings is 1. The second kappa shape index (κ2) is 7.11. The number of hydrogen-bond acceptors (Lipinski definition) is 6. The number of piperazine rings is 1. The molecule has 0 aliphatic carbocycles. The van der Waals surface area contributed by atoms with Crippen LogP contribution in [0.3, 0.4) is 0 Å². The molecule has 6 nitrogen and oxygen atoms in total. The second-order valence-corrected chi connectivity index (χ2v) is 9.67. The van der Waals surface area contributed by atoms with Gasteiger partial charge in [0, 0.05) is 32.7 Å². The van der Waals surface area contributed by atoms with Gasteiger partial charge in [-0.15, -0.1) is 3.89 Å². The van der Waals surface area contributed by atoms with Gasteiger partial charge in [0.25, 0.3) is 0 Å². The highest BCUT2D eigenvalue weighted by atomic mass is 32.3. The zero-order chi connectivity index (χ0) is 20.0. The number of nitrogens with zero attached hydrogens (tertiary/aromatic N) is 1. The third kappa shape index (κ3) is 4.22. The third-order valence-electron chi connectivity index (χ3n) is 5.88. The van der Waals surface area contributed by atoms with E-state index in [1.807, 2.05) is 33.8 Å². The van der Waals surface area contributed by atoms with E-state index in [0.29, 0.717) is 17.6 Å². The van der Waals surface area contributed by atoms with Crippen LogP contribution in [0.1, 0.15) is 38.8 Å². The summed E-state index contributed by atoms with van der Waals surface area (Å²) in [6, 6.07) is 3.22. The Morgan fingerprint density at radius 1 is 1.15 bits per heavy atom. The van der Waals surface area contributed by atoms with E-state index in [9.17, 15) is 12.3 Å². The Balaban J connectivity index is 2.00. The summed E-state index contributed by atoms with van der Waals surface area (Å²) in [5.74, 6) is 0. The summed E-state index contributed by atoms with van der Waals surface area (Å²) in [6.45, 7) is 13.4. The van der Waals surface area contributed by atoms with Crippen LogP contribution in [0.4, 0.5) is 3.89 Å². The lowest BCUT2D eigenvalue weighted by atomic mass is 9.77. The van der Waals surface area contributed by atoms with Crippen LogP contribution >= 0.6 is 0 Å². The molecule has 0 aromatic heterocycles. The van der Waals surface area contributed by atoms with Gasteiger partial charge in [0.2, 0.25) is 0 Å². The summed E-state index contributed by atoms with van der Waals surface area (Å²) in [5, 5.41) is 3.29. The van der Waals surface area contributed by atoms with Crippen LogP contribution in [0.2, 0.25) is 0 Å². The first-order chi connectivity index (χ1) is 12.4. The van der Waals surface area contributed by atoms with Crippen LogP contribution < -0.4 is 10.8 Å².